The molecule has 1 heterocycles. The molecule has 3 aromatic rings. The molecule has 0 amide bonds. The summed E-state index contributed by atoms with van der Waals surface area (Å²) in [6, 6.07) is 17.4. The number of hydrogen-bond donors (Lipinski definition) is 0. The third-order valence-electron chi connectivity index (χ3n) is 5.90. The van der Waals surface area contributed by atoms with Crippen LogP contribution in [0.1, 0.15) is 50.6 Å². The molecule has 1 aromatic heterocycles. The number of benzene rings is 2. The Labute approximate surface area is 214 Å². The highest BCUT2D eigenvalue weighted by molar-refractivity contribution is 7.89. The van der Waals surface area contributed by atoms with Crippen molar-refractivity contribution in [2.75, 3.05) is 13.1 Å². The summed E-state index contributed by atoms with van der Waals surface area (Å²) in [7, 11) is -7.54. The van der Waals surface area contributed by atoms with E-state index in [2.05, 4.69) is 20.8 Å². The van der Waals surface area contributed by atoms with Crippen LogP contribution in [0.25, 0.3) is 0 Å². The maximum absolute atomic E-state index is 13.7. The van der Waals surface area contributed by atoms with E-state index in [0.29, 0.717) is 13.1 Å². The second-order valence-electron chi connectivity index (χ2n) is 9.36. The van der Waals surface area contributed by atoms with Gasteiger partial charge in [-0.2, -0.15) is 8.61 Å². The predicted octanol–water partition coefficient (Wildman–Crippen LogP) is 5.47. The Hall–Kier alpha value is -2.04. The molecule has 0 unspecified atom stereocenters. The first kappa shape index (κ1) is 27.5. The van der Waals surface area contributed by atoms with Gasteiger partial charge in [0.05, 0.1) is 9.79 Å². The summed E-state index contributed by atoms with van der Waals surface area (Å²) in [6.45, 7) is 11.1. The zero-order valence-corrected chi connectivity index (χ0v) is 23.4. The molecule has 0 aliphatic heterocycles. The Morgan fingerprint density at radius 3 is 1.66 bits per heavy atom. The van der Waals surface area contributed by atoms with Crippen molar-refractivity contribution in [3.05, 3.63) is 82.0 Å². The van der Waals surface area contributed by atoms with Gasteiger partial charge < -0.3 is 0 Å². The van der Waals surface area contributed by atoms with Gasteiger partial charge in [0.15, 0.2) is 0 Å². The quantitative estimate of drug-likeness (QED) is 0.346. The number of nitrogens with zero attached hydrogens (tertiary/aromatic N) is 2. The Balaban J connectivity index is 1.93. The lowest BCUT2D eigenvalue weighted by Gasteiger charge is -2.23. The topological polar surface area (TPSA) is 74.8 Å². The largest absolute Gasteiger partial charge is 0.243 e. The second kappa shape index (κ2) is 10.9. The molecule has 0 saturated carbocycles. The molecule has 0 aliphatic rings. The Morgan fingerprint density at radius 2 is 1.23 bits per heavy atom. The standard InChI is InChI=1S/C26H34N2O4S3/c1-6-27(7-2)34(29,30)24-14-16-25(17-15-24)35(31,32)28(20-23-9-8-18-33-23)19-21-10-12-22(13-11-21)26(3,4)5/h8-18H,6-7,19-20H2,1-5H3. The van der Waals surface area contributed by atoms with E-state index in [-0.39, 0.29) is 28.3 Å². The molecule has 9 heteroatoms. The summed E-state index contributed by atoms with van der Waals surface area (Å²) in [4.78, 5) is 1.09. The lowest BCUT2D eigenvalue weighted by Crippen LogP contribution is -2.31. The van der Waals surface area contributed by atoms with E-state index in [4.69, 9.17) is 0 Å². The van der Waals surface area contributed by atoms with Gasteiger partial charge in [-0.25, -0.2) is 16.8 Å². The van der Waals surface area contributed by atoms with Crippen LogP contribution in [0.4, 0.5) is 0 Å². The molecule has 0 spiro atoms. The smallest absolute Gasteiger partial charge is 0.207 e. The van der Waals surface area contributed by atoms with Gasteiger partial charge in [-0.15, -0.1) is 11.3 Å². The Kier molecular flexibility index (Phi) is 8.60. The summed E-state index contributed by atoms with van der Waals surface area (Å²) < 4.78 is 55.7. The SMILES string of the molecule is CCN(CC)S(=O)(=O)c1ccc(S(=O)(=O)N(Cc2ccc(C(C)(C)C)cc2)Cc2cccs2)cc1. The fourth-order valence-corrected chi connectivity index (χ4v) is 7.43. The summed E-state index contributed by atoms with van der Waals surface area (Å²) >= 11 is 1.50. The molecular weight excluding hydrogens is 500 g/mol. The van der Waals surface area contributed by atoms with Crippen LogP contribution in [0.15, 0.2) is 75.8 Å². The van der Waals surface area contributed by atoms with Crippen LogP contribution < -0.4 is 0 Å². The van der Waals surface area contributed by atoms with Crippen molar-refractivity contribution in [3.63, 3.8) is 0 Å². The molecule has 0 fully saturated rings. The van der Waals surface area contributed by atoms with Gasteiger partial charge in [0.25, 0.3) is 0 Å². The van der Waals surface area contributed by atoms with Crippen LogP contribution in [0, 0.1) is 0 Å². The van der Waals surface area contributed by atoms with E-state index in [1.807, 2.05) is 41.8 Å². The van der Waals surface area contributed by atoms with Crippen molar-refractivity contribution in [2.45, 2.75) is 62.9 Å². The number of hydrogen-bond acceptors (Lipinski definition) is 5. The third kappa shape index (κ3) is 6.40. The van der Waals surface area contributed by atoms with Gasteiger partial charge in [0.2, 0.25) is 20.0 Å². The van der Waals surface area contributed by atoms with Gasteiger partial charge in [0, 0.05) is 31.1 Å². The number of thiophene rings is 1. The van der Waals surface area contributed by atoms with E-state index >= 15 is 0 Å². The van der Waals surface area contributed by atoms with Gasteiger partial charge in [0.1, 0.15) is 0 Å². The minimum atomic E-state index is -3.88. The van der Waals surface area contributed by atoms with Crippen LogP contribution in [0.2, 0.25) is 0 Å². The molecule has 0 radical (unpaired) electrons. The molecule has 190 valence electrons. The Morgan fingerprint density at radius 1 is 0.714 bits per heavy atom. The van der Waals surface area contributed by atoms with Gasteiger partial charge in [-0.1, -0.05) is 65.0 Å². The van der Waals surface area contributed by atoms with E-state index in [0.717, 1.165) is 10.4 Å². The average molecular weight is 535 g/mol. The number of rotatable bonds is 10. The molecule has 0 saturated heterocycles. The molecule has 35 heavy (non-hydrogen) atoms. The normalized spacial score (nSPS) is 13.0. The highest BCUT2D eigenvalue weighted by Gasteiger charge is 2.27. The van der Waals surface area contributed by atoms with Crippen LogP contribution in [-0.4, -0.2) is 38.5 Å². The van der Waals surface area contributed by atoms with Gasteiger partial charge in [-0.3, -0.25) is 0 Å². The van der Waals surface area contributed by atoms with Crippen molar-refractivity contribution >= 4 is 31.4 Å². The van der Waals surface area contributed by atoms with E-state index < -0.39 is 20.0 Å². The fourth-order valence-electron chi connectivity index (χ4n) is 3.76. The summed E-state index contributed by atoms with van der Waals surface area (Å²) in [5.41, 5.74) is 2.08. The predicted molar refractivity (Wildman–Crippen MR) is 142 cm³/mol. The van der Waals surface area contributed by atoms with E-state index in [9.17, 15) is 16.8 Å². The van der Waals surface area contributed by atoms with Gasteiger partial charge >= 0.3 is 0 Å². The van der Waals surface area contributed by atoms with Crippen LogP contribution in [0.5, 0.6) is 0 Å². The maximum Gasteiger partial charge on any atom is 0.243 e. The molecular formula is C26H34N2O4S3. The molecule has 0 atom stereocenters. The van der Waals surface area contributed by atoms with Gasteiger partial charge in [-0.05, 0) is 52.3 Å². The second-order valence-corrected chi connectivity index (χ2v) is 14.3. The summed E-state index contributed by atoms with van der Waals surface area (Å²) in [5.74, 6) is 0. The van der Waals surface area contributed by atoms with Crippen LogP contribution in [0.3, 0.4) is 0 Å². The van der Waals surface area contributed by atoms with Crippen LogP contribution in [-0.2, 0) is 38.6 Å². The molecule has 0 N–H and O–H groups in total. The minimum absolute atomic E-state index is 0.00841. The molecule has 2 aromatic carbocycles. The van der Waals surface area contributed by atoms with E-state index in [1.165, 1.54) is 49.8 Å². The number of sulfonamides is 2. The maximum atomic E-state index is 13.7. The highest BCUT2D eigenvalue weighted by atomic mass is 32.2. The van der Waals surface area contributed by atoms with Crippen molar-refractivity contribution in [3.8, 4) is 0 Å². The Bertz CT molecular complexity index is 1300. The minimum Gasteiger partial charge on any atom is -0.207 e. The molecule has 0 aliphatic carbocycles. The van der Waals surface area contributed by atoms with E-state index in [1.54, 1.807) is 13.8 Å². The lowest BCUT2D eigenvalue weighted by molar-refractivity contribution is 0.403. The molecule has 6 nitrogen and oxygen atoms in total. The van der Waals surface area contributed by atoms with Crippen molar-refractivity contribution < 1.29 is 16.8 Å². The van der Waals surface area contributed by atoms with Crippen LogP contribution >= 0.6 is 11.3 Å². The average Bonchev–Trinajstić information content (AvgIpc) is 3.32. The molecule has 3 rings (SSSR count). The summed E-state index contributed by atoms with van der Waals surface area (Å²) in [6.07, 6.45) is 0. The van der Waals surface area contributed by atoms with Crippen molar-refractivity contribution in [1.82, 2.24) is 8.61 Å². The monoisotopic (exact) mass is 534 g/mol. The van der Waals surface area contributed by atoms with Crippen molar-refractivity contribution in [1.29, 1.82) is 0 Å². The zero-order valence-electron chi connectivity index (χ0n) is 20.9. The first-order valence-electron chi connectivity index (χ1n) is 11.6. The summed E-state index contributed by atoms with van der Waals surface area (Å²) in [5, 5.41) is 1.92. The molecule has 0 bridgehead atoms. The zero-order chi connectivity index (χ0) is 25.9. The first-order chi connectivity index (χ1) is 16.4. The first-order valence-corrected chi connectivity index (χ1v) is 15.4. The van der Waals surface area contributed by atoms with Crippen molar-refractivity contribution in [2.24, 2.45) is 0 Å². The highest BCUT2D eigenvalue weighted by Crippen LogP contribution is 2.27. The third-order valence-corrected chi connectivity index (χ3v) is 10.6. The lowest BCUT2D eigenvalue weighted by atomic mass is 9.87. The fraction of sp³-hybridized carbons (Fsp3) is 0.385.